The van der Waals surface area contributed by atoms with Crippen molar-refractivity contribution in [2.45, 2.75) is 0 Å². The van der Waals surface area contributed by atoms with Crippen LogP contribution in [-0.2, 0) is 0 Å². The van der Waals surface area contributed by atoms with E-state index in [2.05, 4.69) is 9.69 Å². The van der Waals surface area contributed by atoms with Crippen LogP contribution in [0.4, 0.5) is 15.8 Å². The Balaban J connectivity index is 2.14. The largest absolute Gasteiger partial charge is 0.396 e. The van der Waals surface area contributed by atoms with Gasteiger partial charge in [0.1, 0.15) is 5.82 Å². The number of hydrogen-bond donors (Lipinski definition) is 2. The van der Waals surface area contributed by atoms with Crippen molar-refractivity contribution in [2.75, 3.05) is 11.1 Å². The molecule has 1 heterocycles. The molecule has 0 saturated carbocycles. The van der Waals surface area contributed by atoms with E-state index in [0.717, 1.165) is 11.5 Å². The minimum Gasteiger partial charge on any atom is -0.396 e. The fourth-order valence-corrected chi connectivity index (χ4v) is 1.71. The summed E-state index contributed by atoms with van der Waals surface area (Å²) in [7, 11) is 0. The van der Waals surface area contributed by atoms with Gasteiger partial charge in [-0.3, -0.25) is 4.79 Å². The van der Waals surface area contributed by atoms with E-state index in [1.807, 2.05) is 0 Å². The molecular formula is C10H8FN3OS. The normalized spacial score (nSPS) is 10.1. The van der Waals surface area contributed by atoms with E-state index in [9.17, 15) is 9.18 Å². The standard InChI is InChI=1S/C10H8FN3OS/c11-6-1-3-7(4-2-6)13-10(15)9-8(12)5-16-14-9/h1-5H,12H2,(H,13,15). The molecule has 0 unspecified atom stereocenters. The van der Waals surface area contributed by atoms with Crippen molar-refractivity contribution in [3.8, 4) is 0 Å². The van der Waals surface area contributed by atoms with Crippen LogP contribution in [0.15, 0.2) is 29.6 Å². The second-order valence-electron chi connectivity index (χ2n) is 3.08. The van der Waals surface area contributed by atoms with Crippen LogP contribution in [0.3, 0.4) is 0 Å². The number of aromatic nitrogens is 1. The number of anilines is 2. The summed E-state index contributed by atoms with van der Waals surface area (Å²) in [6.07, 6.45) is 0. The van der Waals surface area contributed by atoms with Crippen LogP contribution in [0.25, 0.3) is 0 Å². The lowest BCUT2D eigenvalue weighted by Crippen LogP contribution is -2.13. The van der Waals surface area contributed by atoms with Gasteiger partial charge in [-0.15, -0.1) is 0 Å². The Morgan fingerprint density at radius 1 is 1.38 bits per heavy atom. The van der Waals surface area contributed by atoms with Crippen LogP contribution in [0.5, 0.6) is 0 Å². The summed E-state index contributed by atoms with van der Waals surface area (Å²) in [4.78, 5) is 11.6. The van der Waals surface area contributed by atoms with Crippen molar-refractivity contribution in [3.63, 3.8) is 0 Å². The molecule has 0 atom stereocenters. The van der Waals surface area contributed by atoms with Crippen molar-refractivity contribution in [2.24, 2.45) is 0 Å². The van der Waals surface area contributed by atoms with Crippen molar-refractivity contribution in [1.29, 1.82) is 0 Å². The van der Waals surface area contributed by atoms with E-state index >= 15 is 0 Å². The molecule has 82 valence electrons. The van der Waals surface area contributed by atoms with Crippen LogP contribution >= 0.6 is 11.5 Å². The van der Waals surface area contributed by atoms with E-state index in [1.54, 1.807) is 5.38 Å². The lowest BCUT2D eigenvalue weighted by atomic mass is 10.3. The minimum atomic E-state index is -0.398. The topological polar surface area (TPSA) is 68.0 Å². The molecule has 16 heavy (non-hydrogen) atoms. The third kappa shape index (κ3) is 2.17. The maximum Gasteiger partial charge on any atom is 0.277 e. The van der Waals surface area contributed by atoms with Gasteiger partial charge >= 0.3 is 0 Å². The molecule has 4 nitrogen and oxygen atoms in total. The number of amides is 1. The smallest absolute Gasteiger partial charge is 0.277 e. The average molecular weight is 237 g/mol. The molecule has 3 N–H and O–H groups in total. The van der Waals surface area contributed by atoms with Gasteiger partial charge < -0.3 is 11.1 Å². The quantitative estimate of drug-likeness (QED) is 0.840. The number of rotatable bonds is 2. The highest BCUT2D eigenvalue weighted by molar-refractivity contribution is 7.04. The Morgan fingerprint density at radius 2 is 2.06 bits per heavy atom. The molecule has 6 heteroatoms. The number of nitrogens with two attached hydrogens (primary N) is 1. The van der Waals surface area contributed by atoms with E-state index < -0.39 is 5.91 Å². The fourth-order valence-electron chi connectivity index (χ4n) is 1.14. The SMILES string of the molecule is Nc1csnc1C(=O)Nc1ccc(F)cc1. The Hall–Kier alpha value is -1.95. The number of halogens is 1. The monoisotopic (exact) mass is 237 g/mol. The van der Waals surface area contributed by atoms with Crippen LogP contribution in [-0.4, -0.2) is 10.3 Å². The summed E-state index contributed by atoms with van der Waals surface area (Å²) in [5, 5.41) is 4.15. The van der Waals surface area contributed by atoms with Gasteiger partial charge in [0, 0.05) is 11.1 Å². The first-order chi connectivity index (χ1) is 7.66. The summed E-state index contributed by atoms with van der Waals surface area (Å²) in [5.74, 6) is -0.753. The van der Waals surface area contributed by atoms with Crippen molar-refractivity contribution in [1.82, 2.24) is 4.37 Å². The Labute approximate surface area is 95.1 Å². The summed E-state index contributed by atoms with van der Waals surface area (Å²) < 4.78 is 16.5. The Morgan fingerprint density at radius 3 is 2.62 bits per heavy atom. The van der Waals surface area contributed by atoms with Crippen LogP contribution in [0.1, 0.15) is 10.5 Å². The first kappa shape index (κ1) is 10.6. The molecule has 0 fully saturated rings. The van der Waals surface area contributed by atoms with Crippen molar-refractivity contribution in [3.05, 3.63) is 41.2 Å². The van der Waals surface area contributed by atoms with Gasteiger partial charge in [0.15, 0.2) is 5.69 Å². The molecule has 0 saturated heterocycles. The third-order valence-corrected chi connectivity index (χ3v) is 2.56. The molecule has 1 aromatic heterocycles. The first-order valence-electron chi connectivity index (χ1n) is 4.43. The number of benzene rings is 1. The van der Waals surface area contributed by atoms with Gasteiger partial charge in [-0.2, -0.15) is 4.37 Å². The maximum atomic E-state index is 12.6. The van der Waals surface area contributed by atoms with Gasteiger partial charge in [0.2, 0.25) is 0 Å². The molecule has 0 radical (unpaired) electrons. The molecule has 0 spiro atoms. The van der Waals surface area contributed by atoms with Crippen LogP contribution in [0, 0.1) is 5.82 Å². The summed E-state index contributed by atoms with van der Waals surface area (Å²) in [5.41, 5.74) is 6.57. The number of nitrogen functional groups attached to an aromatic ring is 1. The highest BCUT2D eigenvalue weighted by Gasteiger charge is 2.12. The molecule has 1 amide bonds. The Kier molecular flexibility index (Phi) is 2.82. The number of nitrogens with zero attached hydrogens (tertiary/aromatic N) is 1. The number of nitrogens with one attached hydrogen (secondary N) is 1. The molecule has 0 bridgehead atoms. The molecule has 0 aliphatic carbocycles. The zero-order valence-corrected chi connectivity index (χ0v) is 8.92. The highest BCUT2D eigenvalue weighted by atomic mass is 32.1. The van der Waals surface area contributed by atoms with Gasteiger partial charge in [-0.05, 0) is 35.8 Å². The molecule has 2 aromatic rings. The first-order valence-corrected chi connectivity index (χ1v) is 5.27. The summed E-state index contributed by atoms with van der Waals surface area (Å²) in [6, 6.07) is 5.46. The average Bonchev–Trinajstić information content (AvgIpc) is 2.68. The summed E-state index contributed by atoms with van der Waals surface area (Å²) in [6.45, 7) is 0. The third-order valence-electron chi connectivity index (χ3n) is 1.91. The van der Waals surface area contributed by atoms with Crippen molar-refractivity contribution >= 4 is 28.8 Å². The number of carbonyl (C=O) groups excluding carboxylic acids is 1. The highest BCUT2D eigenvalue weighted by Crippen LogP contribution is 2.15. The molecule has 0 aliphatic heterocycles. The predicted molar refractivity (Wildman–Crippen MR) is 60.9 cm³/mol. The molecular weight excluding hydrogens is 229 g/mol. The number of hydrogen-bond acceptors (Lipinski definition) is 4. The zero-order chi connectivity index (χ0) is 11.5. The van der Waals surface area contributed by atoms with Gasteiger partial charge in [0.05, 0.1) is 5.69 Å². The van der Waals surface area contributed by atoms with E-state index in [0.29, 0.717) is 11.4 Å². The molecule has 2 rings (SSSR count). The lowest BCUT2D eigenvalue weighted by molar-refractivity contribution is 0.102. The Bertz CT molecular complexity index is 509. The second kappa shape index (κ2) is 4.28. The van der Waals surface area contributed by atoms with Gasteiger partial charge in [0.25, 0.3) is 5.91 Å². The minimum absolute atomic E-state index is 0.189. The maximum absolute atomic E-state index is 12.6. The number of carbonyl (C=O) groups is 1. The van der Waals surface area contributed by atoms with E-state index in [-0.39, 0.29) is 11.5 Å². The van der Waals surface area contributed by atoms with Crippen LogP contribution in [0.2, 0.25) is 0 Å². The summed E-state index contributed by atoms with van der Waals surface area (Å²) >= 11 is 1.11. The van der Waals surface area contributed by atoms with Crippen molar-refractivity contribution < 1.29 is 9.18 Å². The van der Waals surface area contributed by atoms with Crippen LogP contribution < -0.4 is 11.1 Å². The zero-order valence-electron chi connectivity index (χ0n) is 8.11. The predicted octanol–water partition coefficient (Wildman–Crippen LogP) is 2.12. The molecule has 0 aliphatic rings. The van der Waals surface area contributed by atoms with Gasteiger partial charge in [-0.1, -0.05) is 0 Å². The van der Waals surface area contributed by atoms with Gasteiger partial charge in [-0.25, -0.2) is 4.39 Å². The fraction of sp³-hybridized carbons (Fsp3) is 0. The molecule has 1 aromatic carbocycles. The lowest BCUT2D eigenvalue weighted by Gasteiger charge is -2.03. The van der Waals surface area contributed by atoms with E-state index in [1.165, 1.54) is 24.3 Å². The van der Waals surface area contributed by atoms with E-state index in [4.69, 9.17) is 5.73 Å². The second-order valence-corrected chi connectivity index (χ2v) is 3.71.